The lowest BCUT2D eigenvalue weighted by atomic mass is 9.98. The number of oxazole rings is 1. The number of carbonyl (C=O) groups is 2. The molecule has 1 unspecified atom stereocenters. The molecule has 1 aromatic heterocycles. The zero-order valence-electron chi connectivity index (χ0n) is 13.3. The first-order valence-electron chi connectivity index (χ1n) is 8.25. The van der Waals surface area contributed by atoms with Crippen LogP contribution in [0.25, 0.3) is 11.1 Å². The molecule has 2 saturated heterocycles. The molecule has 1 atom stereocenters. The van der Waals surface area contributed by atoms with Gasteiger partial charge >= 0.3 is 0 Å². The Morgan fingerprint density at radius 2 is 2.21 bits per heavy atom. The van der Waals surface area contributed by atoms with Crippen LogP contribution < -0.4 is 0 Å². The molecule has 1 aromatic carbocycles. The molecule has 0 bridgehead atoms. The summed E-state index contributed by atoms with van der Waals surface area (Å²) in [5, 5.41) is 0.0101. The van der Waals surface area contributed by atoms with Crippen molar-refractivity contribution in [2.75, 3.05) is 31.9 Å². The molecule has 6 nitrogen and oxygen atoms in total. The topological polar surface area (TPSA) is 66.7 Å². The van der Waals surface area contributed by atoms with E-state index in [0.29, 0.717) is 19.0 Å². The van der Waals surface area contributed by atoms with Gasteiger partial charge < -0.3 is 14.2 Å². The van der Waals surface area contributed by atoms with Crippen molar-refractivity contribution in [2.24, 2.45) is 0 Å². The van der Waals surface area contributed by atoms with E-state index < -0.39 is 0 Å². The molecule has 0 saturated carbocycles. The highest BCUT2D eigenvalue weighted by Gasteiger charge is 2.30. The summed E-state index contributed by atoms with van der Waals surface area (Å²) in [5.41, 5.74) is 1.64. The minimum absolute atomic E-state index is 0.0101. The van der Waals surface area contributed by atoms with Crippen molar-refractivity contribution >= 4 is 34.0 Å². The van der Waals surface area contributed by atoms with Crippen LogP contribution in [0.3, 0.4) is 0 Å². The summed E-state index contributed by atoms with van der Waals surface area (Å²) in [6, 6.07) is 7.72. The standard InChI is InChI=1S/C17H19N3O3S/c21-15(11-20-8-9-24-17(20)22)19-7-3-4-12(10-19)16-18-13-5-1-2-6-14(13)23-16/h1-2,5-6,12H,3-4,7-11H2. The van der Waals surface area contributed by atoms with Crippen molar-refractivity contribution in [3.05, 3.63) is 30.2 Å². The third kappa shape index (κ3) is 3.00. The van der Waals surface area contributed by atoms with Gasteiger partial charge in [-0.05, 0) is 25.0 Å². The Labute approximate surface area is 144 Å². The number of thioether (sulfide) groups is 1. The average Bonchev–Trinajstić information content (AvgIpc) is 3.21. The Kier molecular flexibility index (Phi) is 4.18. The first-order valence-corrected chi connectivity index (χ1v) is 9.24. The van der Waals surface area contributed by atoms with Crippen LogP contribution in [0.4, 0.5) is 4.79 Å². The van der Waals surface area contributed by atoms with Crippen molar-refractivity contribution in [3.63, 3.8) is 0 Å². The molecule has 0 radical (unpaired) electrons. The maximum Gasteiger partial charge on any atom is 0.282 e. The van der Waals surface area contributed by atoms with Crippen molar-refractivity contribution in [3.8, 4) is 0 Å². The van der Waals surface area contributed by atoms with Crippen LogP contribution in [0.5, 0.6) is 0 Å². The molecule has 126 valence electrons. The van der Waals surface area contributed by atoms with E-state index in [-0.39, 0.29) is 23.6 Å². The maximum atomic E-state index is 12.5. The molecule has 7 heteroatoms. The molecule has 2 amide bonds. The summed E-state index contributed by atoms with van der Waals surface area (Å²) in [4.78, 5) is 32.2. The number of aromatic nitrogens is 1. The van der Waals surface area contributed by atoms with E-state index in [4.69, 9.17) is 4.42 Å². The van der Waals surface area contributed by atoms with Gasteiger partial charge in [0.2, 0.25) is 5.91 Å². The van der Waals surface area contributed by atoms with Crippen LogP contribution in [-0.2, 0) is 4.79 Å². The number of fused-ring (bicyclic) bond motifs is 1. The maximum absolute atomic E-state index is 12.5. The number of amides is 2. The number of rotatable bonds is 3. The van der Waals surface area contributed by atoms with Crippen molar-refractivity contribution in [2.45, 2.75) is 18.8 Å². The van der Waals surface area contributed by atoms with E-state index in [0.717, 1.165) is 36.2 Å². The quantitative estimate of drug-likeness (QED) is 0.856. The van der Waals surface area contributed by atoms with Crippen LogP contribution in [0.2, 0.25) is 0 Å². The highest BCUT2D eigenvalue weighted by Crippen LogP contribution is 2.29. The third-order valence-corrected chi connectivity index (χ3v) is 5.50. The third-order valence-electron chi connectivity index (χ3n) is 4.60. The predicted molar refractivity (Wildman–Crippen MR) is 92.0 cm³/mol. The molecule has 0 spiro atoms. The van der Waals surface area contributed by atoms with E-state index in [1.54, 1.807) is 4.90 Å². The van der Waals surface area contributed by atoms with Gasteiger partial charge in [0, 0.05) is 25.4 Å². The van der Waals surface area contributed by atoms with E-state index in [2.05, 4.69) is 4.98 Å². The molecular weight excluding hydrogens is 326 g/mol. The summed E-state index contributed by atoms with van der Waals surface area (Å²) in [6.07, 6.45) is 1.90. The first-order chi connectivity index (χ1) is 11.7. The van der Waals surface area contributed by atoms with E-state index in [9.17, 15) is 9.59 Å². The Morgan fingerprint density at radius 3 is 3.00 bits per heavy atom. The lowest BCUT2D eigenvalue weighted by molar-refractivity contribution is -0.132. The van der Waals surface area contributed by atoms with Crippen LogP contribution in [0, 0.1) is 0 Å². The molecule has 2 fully saturated rings. The fraction of sp³-hybridized carbons (Fsp3) is 0.471. The van der Waals surface area contributed by atoms with E-state index in [1.807, 2.05) is 29.2 Å². The van der Waals surface area contributed by atoms with E-state index >= 15 is 0 Å². The Bertz CT molecular complexity index is 742. The number of hydrogen-bond acceptors (Lipinski definition) is 5. The number of piperidine rings is 1. The minimum atomic E-state index is 0.0101. The van der Waals surface area contributed by atoms with Crippen molar-refractivity contribution in [1.29, 1.82) is 0 Å². The number of hydrogen-bond donors (Lipinski definition) is 0. The Hall–Kier alpha value is -2.02. The average molecular weight is 345 g/mol. The zero-order valence-corrected chi connectivity index (χ0v) is 14.1. The minimum Gasteiger partial charge on any atom is -0.440 e. The van der Waals surface area contributed by atoms with Crippen molar-refractivity contribution in [1.82, 2.24) is 14.8 Å². The highest BCUT2D eigenvalue weighted by atomic mass is 32.2. The molecule has 24 heavy (non-hydrogen) atoms. The SMILES string of the molecule is O=C(CN1CCSC1=O)N1CCCC(c2nc3ccccc3o2)C1. The monoisotopic (exact) mass is 345 g/mol. The lowest BCUT2D eigenvalue weighted by Gasteiger charge is -2.32. The van der Waals surface area contributed by atoms with Gasteiger partial charge in [0.1, 0.15) is 12.1 Å². The van der Waals surface area contributed by atoms with Crippen LogP contribution in [0.1, 0.15) is 24.7 Å². The van der Waals surface area contributed by atoms with Gasteiger partial charge in [-0.3, -0.25) is 9.59 Å². The molecular formula is C17H19N3O3S. The second-order valence-corrected chi connectivity index (χ2v) is 7.28. The van der Waals surface area contributed by atoms with Gasteiger partial charge in [-0.1, -0.05) is 23.9 Å². The largest absolute Gasteiger partial charge is 0.440 e. The fourth-order valence-corrected chi connectivity index (χ4v) is 4.13. The fourth-order valence-electron chi connectivity index (χ4n) is 3.30. The molecule has 2 aliphatic heterocycles. The summed E-state index contributed by atoms with van der Waals surface area (Å²) in [5.74, 6) is 1.63. The van der Waals surface area contributed by atoms with Gasteiger partial charge in [-0.15, -0.1) is 0 Å². The lowest BCUT2D eigenvalue weighted by Crippen LogP contribution is -2.44. The number of nitrogens with zero attached hydrogens (tertiary/aromatic N) is 3. The summed E-state index contributed by atoms with van der Waals surface area (Å²) in [7, 11) is 0. The summed E-state index contributed by atoms with van der Waals surface area (Å²) in [6.45, 7) is 2.20. The van der Waals surface area contributed by atoms with Crippen LogP contribution in [-0.4, -0.2) is 57.9 Å². The highest BCUT2D eigenvalue weighted by molar-refractivity contribution is 8.13. The second-order valence-electron chi connectivity index (χ2n) is 6.23. The molecule has 4 rings (SSSR count). The van der Waals surface area contributed by atoms with E-state index in [1.165, 1.54) is 11.8 Å². The van der Waals surface area contributed by atoms with Gasteiger partial charge in [0.15, 0.2) is 11.5 Å². The predicted octanol–water partition coefficient (Wildman–Crippen LogP) is 2.70. The summed E-state index contributed by atoms with van der Waals surface area (Å²) >= 11 is 1.29. The van der Waals surface area contributed by atoms with Crippen molar-refractivity contribution < 1.29 is 14.0 Å². The van der Waals surface area contributed by atoms with Crippen LogP contribution in [0.15, 0.2) is 28.7 Å². The first kappa shape index (κ1) is 15.5. The molecule has 3 heterocycles. The molecule has 2 aromatic rings. The Morgan fingerprint density at radius 1 is 1.33 bits per heavy atom. The second kappa shape index (κ2) is 6.47. The Balaban J connectivity index is 1.45. The molecule has 0 N–H and O–H groups in total. The molecule has 2 aliphatic rings. The van der Waals surface area contributed by atoms with Gasteiger partial charge in [0.05, 0.1) is 5.92 Å². The normalized spacial score (nSPS) is 21.7. The van der Waals surface area contributed by atoms with Crippen LogP contribution >= 0.6 is 11.8 Å². The number of para-hydroxylation sites is 2. The van der Waals surface area contributed by atoms with Gasteiger partial charge in [-0.2, -0.15) is 0 Å². The van der Waals surface area contributed by atoms with Gasteiger partial charge in [-0.25, -0.2) is 4.98 Å². The molecule has 0 aliphatic carbocycles. The number of likely N-dealkylation sites (tertiary alicyclic amines) is 1. The smallest absolute Gasteiger partial charge is 0.282 e. The van der Waals surface area contributed by atoms with Gasteiger partial charge in [0.25, 0.3) is 5.24 Å². The summed E-state index contributed by atoms with van der Waals surface area (Å²) < 4.78 is 5.87. The number of benzene rings is 1. The number of carbonyl (C=O) groups excluding carboxylic acids is 2. The zero-order chi connectivity index (χ0) is 16.5.